The van der Waals surface area contributed by atoms with Gasteiger partial charge in [0.05, 0.1) is 12.5 Å². The summed E-state index contributed by atoms with van der Waals surface area (Å²) in [6, 6.07) is 33.9. The molecule has 4 atom stereocenters. The Labute approximate surface area is 690 Å². The molecule has 0 radical (unpaired) electrons. The maximum atomic E-state index is 13.5. The van der Waals surface area contributed by atoms with Crippen LogP contribution in [0.25, 0.3) is 44.2 Å². The van der Waals surface area contributed by atoms with Crippen molar-refractivity contribution in [3.8, 4) is 22.3 Å². The molecule has 2 saturated carbocycles. The van der Waals surface area contributed by atoms with Gasteiger partial charge in [0.15, 0.2) is 0 Å². The van der Waals surface area contributed by atoms with Crippen molar-refractivity contribution in [3.63, 3.8) is 0 Å². The average Bonchev–Trinajstić information content (AvgIpc) is 1.88. The molecule has 0 spiro atoms. The van der Waals surface area contributed by atoms with Crippen LogP contribution in [0, 0.1) is 25.7 Å². The standard InChI is InChI=1S/C32H31F2N3O3.C22H22F2N2O2.C9H10N2O2.7K.H/c1-19-14-23(20-2-4-21(5-3-20)31(39)37-12-10-32(33,34)11-13-37)15-24-16-25(40-30(19)24)7-8-28(38)27-17-26(27)22-6-9-29(35)36-18-22;1-14-10-17(11-18-12-19(13-25)28-20(14)18)15-2-4-16(5-3-15)21(27)26-8-6-22(23,24)7-9-26;10-8-2-1-5(4-11-8)6-3-7(6)9(12)13;;;;;;;;/h2-6,9,14-16,18,26-27H,7-8,10-13,17H2,1H3,(H2,35,36);2-5,10-12H,6-9,13,25H2,1H3;1-2,4,6-7H,3H2,(H2,10,11)(H,12,13);;;;;;;;/q;;;;;;;;;+1;-1/t26-,27+;;6-,7+;;;;;;;;/m1.1......../s1. The van der Waals surface area contributed by atoms with Gasteiger partial charge in [-0.2, -0.15) is 0 Å². The van der Waals surface area contributed by atoms with E-state index in [-0.39, 0.29) is 146 Å². The van der Waals surface area contributed by atoms with Crippen LogP contribution in [0.4, 0.5) is 29.2 Å². The number of hydrogen-bond acceptors (Lipinski definition) is 11. The van der Waals surface area contributed by atoms with E-state index in [0.29, 0.717) is 42.1 Å². The zero-order valence-electron chi connectivity index (χ0n) is 53.0. The molecule has 2 aliphatic heterocycles. The van der Waals surface area contributed by atoms with Crippen LogP contribution in [0.15, 0.2) is 130 Å². The summed E-state index contributed by atoms with van der Waals surface area (Å²) < 4.78 is 65.4. The number of hydrogen-bond donors (Lipinski definition) is 4. The van der Waals surface area contributed by atoms with Gasteiger partial charge >= 0.3 is 247 Å². The van der Waals surface area contributed by atoms with Crippen molar-refractivity contribution in [2.45, 2.75) is 95.4 Å². The zero-order valence-corrected chi connectivity index (χ0v) is 73.8. The first-order valence-corrected chi connectivity index (χ1v) is 78.2. The fourth-order valence-electron chi connectivity index (χ4n) is 10.8. The molecule has 428 valence electrons. The van der Waals surface area contributed by atoms with E-state index in [0.717, 1.165) is 90.8 Å². The van der Waals surface area contributed by atoms with Crippen LogP contribution >= 0.6 is 0 Å². The van der Waals surface area contributed by atoms with E-state index in [2.05, 4.69) is 9.97 Å². The van der Waals surface area contributed by atoms with Gasteiger partial charge in [-0.1, -0.05) is 36.4 Å². The summed E-state index contributed by atoms with van der Waals surface area (Å²) >= 11 is 7.50. The Balaban J connectivity index is 0.000000255. The quantitative estimate of drug-likeness (QED) is 0.0718. The second-order valence-corrected chi connectivity index (χ2v) is 21.7. The van der Waals surface area contributed by atoms with Crippen LogP contribution in [0.5, 0.6) is 0 Å². The number of nitrogens with zero attached hydrogens (tertiary/aromatic N) is 4. The molecule has 2 saturated heterocycles. The normalized spacial score (nSPS) is 18.4. The average molecular weight is 1380 g/mol. The zero-order chi connectivity index (χ0) is 63.3. The first-order chi connectivity index (χ1) is 41.7. The fraction of sp³-hybridized carbons (Fsp3) is 0.333. The number of carboxylic acids is 1. The number of halogens is 4. The fourth-order valence-corrected chi connectivity index (χ4v) is 10.8. The summed E-state index contributed by atoms with van der Waals surface area (Å²) in [4.78, 5) is 59.8. The van der Waals surface area contributed by atoms with E-state index in [4.69, 9.17) is 31.1 Å². The van der Waals surface area contributed by atoms with Crippen molar-refractivity contribution >= 4 is 247 Å². The molecule has 2 aliphatic carbocycles. The number of Topliss-reactive ketones (excluding diaryl/α,β-unsaturated/α-hetero) is 1. The molecule has 6 heterocycles. The number of furan rings is 2. The number of amides is 2. The molecule has 88 heavy (non-hydrogen) atoms. The molecule has 2 amide bonds. The molecule has 4 aromatic heterocycles. The number of aromatic nitrogens is 2. The summed E-state index contributed by atoms with van der Waals surface area (Å²) in [6.45, 7) is 4.64. The number of likely N-dealkylation sites (tertiary alicyclic amines) is 2. The minimum atomic E-state index is -2.68. The number of aliphatic carboxylic acids is 1. The van der Waals surface area contributed by atoms with Crippen molar-refractivity contribution in [2.75, 3.05) is 37.6 Å². The molecule has 12 rings (SSSR count). The van der Waals surface area contributed by atoms with Gasteiger partial charge in [0.25, 0.3) is 23.7 Å². The molecule has 8 aromatic rings. The van der Waals surface area contributed by atoms with E-state index >= 15 is 0 Å². The topological polar surface area (TPSA) is 225 Å². The van der Waals surface area contributed by atoms with Crippen molar-refractivity contribution in [1.82, 2.24) is 19.8 Å². The predicted molar refractivity (Wildman–Crippen MR) is 336 cm³/mol. The third-order valence-electron chi connectivity index (χ3n) is 15.8. The number of carbonyl (C=O) groups excluding carboxylic acids is 3. The van der Waals surface area contributed by atoms with E-state index in [1.165, 1.54) is 199 Å². The maximum absolute atomic E-state index is 13.5. The number of fused-ring (bicyclic) bond motifs is 2. The number of carbonyl (C=O) groups is 4. The first-order valence-electron chi connectivity index (χ1n) is 30.2. The van der Waals surface area contributed by atoms with E-state index < -0.39 is 17.8 Å². The van der Waals surface area contributed by atoms with Gasteiger partial charge in [0.2, 0.25) is 0 Å². The number of nitrogens with two attached hydrogens (primary N) is 3. The minimum absolute atomic E-state index is 0. The summed E-state index contributed by atoms with van der Waals surface area (Å²) in [7, 11) is 0. The molecule has 4 aliphatic rings. The van der Waals surface area contributed by atoms with Crippen LogP contribution in [-0.2, 0) is 22.6 Å². The van der Waals surface area contributed by atoms with Gasteiger partial charge in [0, 0.05) is 105 Å². The van der Waals surface area contributed by atoms with Crippen LogP contribution in [0.1, 0.15) is 113 Å². The van der Waals surface area contributed by atoms with Crippen LogP contribution < -0.4 is 68.6 Å². The molecule has 14 nitrogen and oxygen atoms in total. The van der Waals surface area contributed by atoms with Gasteiger partial charge in [-0.25, -0.2) is 27.5 Å². The van der Waals surface area contributed by atoms with Crippen LogP contribution in [-0.4, -0.2) is 276 Å². The molecule has 4 fully saturated rings. The van der Waals surface area contributed by atoms with Crippen molar-refractivity contribution < 1.29 is 103 Å². The number of ketones is 1. The Morgan fingerprint density at radius 1 is 0.580 bits per heavy atom. The molecule has 4 aromatic carbocycles. The van der Waals surface area contributed by atoms with Gasteiger partial charge in [-0.05, 0) is 156 Å². The number of alkyl halides is 4. The number of rotatable bonds is 12. The Kier molecular flexibility index (Phi) is 35.1. The first kappa shape index (κ1) is 80.1. The Hall–Kier alpha value is 3.07. The van der Waals surface area contributed by atoms with Gasteiger partial charge < -0.3 is 42.4 Å². The van der Waals surface area contributed by atoms with Gasteiger partial charge in [-0.15, -0.1) is 0 Å². The van der Waals surface area contributed by atoms with E-state index in [9.17, 15) is 36.7 Å². The molecule has 25 heteroatoms. The van der Waals surface area contributed by atoms with Crippen molar-refractivity contribution in [3.05, 3.63) is 166 Å². The molecule has 0 bridgehead atoms. The second-order valence-electron chi connectivity index (χ2n) is 21.7. The monoisotopic (exact) mass is 1380 g/mol. The Morgan fingerprint density at radius 2 is 0.966 bits per heavy atom. The SMILES string of the molecule is Cc1cc(-c2ccc(C(=O)N3CCC(F)(F)CC3)cc2)cc2cc(CCC(=O)[C@H]3C[C@@H]3c3ccc(N)nc3)oc12.Cc1cc(-c2ccc(C(=O)N3CCC(F)(F)CC3)cc2)cc2cc(CN)oc12.Nc1ccc([C@H]2C[C@@H]2C(=O)O)cn1.[H-].[K+].[K][K].[K][K].[K][K]. The number of pyridine rings is 2. The van der Waals surface area contributed by atoms with Crippen LogP contribution in [0.2, 0.25) is 0 Å². The van der Waals surface area contributed by atoms with Gasteiger partial charge in [0.1, 0.15) is 40.1 Å². The summed E-state index contributed by atoms with van der Waals surface area (Å²) in [6.07, 6.45) is 4.84. The number of benzene rings is 4. The number of carboxylic acid groups (broad SMARTS) is 1. The van der Waals surface area contributed by atoms with E-state index in [1.807, 2.05) is 86.6 Å². The molecular weight excluding hydrogens is 1320 g/mol. The van der Waals surface area contributed by atoms with Gasteiger partial charge in [-0.3, -0.25) is 19.2 Å². The third-order valence-corrected chi connectivity index (χ3v) is 15.8. The molecule has 0 unspecified atom stereocenters. The molecule has 7 N–H and O–H groups in total. The molecular formula is C63H64F4K7N7O7. The summed E-state index contributed by atoms with van der Waals surface area (Å²) in [5.41, 5.74) is 27.3. The van der Waals surface area contributed by atoms with Crippen molar-refractivity contribution in [2.24, 2.45) is 17.6 Å². The number of piperidine rings is 2. The second kappa shape index (κ2) is 38.6. The number of anilines is 2. The van der Waals surface area contributed by atoms with E-state index in [1.54, 1.807) is 48.8 Å². The Bertz CT molecular complexity index is 3640. The third kappa shape index (κ3) is 22.8. The number of aryl methyl sites for hydroxylation is 3. The Morgan fingerprint density at radius 3 is 1.34 bits per heavy atom. The van der Waals surface area contributed by atoms with Crippen molar-refractivity contribution in [1.29, 1.82) is 0 Å². The number of nitrogen functional groups attached to an aromatic ring is 2. The van der Waals surface area contributed by atoms with Crippen LogP contribution in [0.3, 0.4) is 0 Å². The predicted octanol–water partition coefficient (Wildman–Crippen LogP) is 6.98. The summed E-state index contributed by atoms with van der Waals surface area (Å²) in [5.74, 6) is -3.58. The summed E-state index contributed by atoms with van der Waals surface area (Å²) in [5, 5.41) is 10.6.